The van der Waals surface area contributed by atoms with Gasteiger partial charge in [0.15, 0.2) is 11.6 Å². The number of anilines is 4. The van der Waals surface area contributed by atoms with E-state index >= 15 is 0 Å². The van der Waals surface area contributed by atoms with Crippen molar-refractivity contribution in [2.75, 3.05) is 47.8 Å². The fraction of sp³-hybridized carbons (Fsp3) is 0.333. The summed E-state index contributed by atoms with van der Waals surface area (Å²) in [6, 6.07) is 11.0. The highest BCUT2D eigenvalue weighted by Gasteiger charge is 2.35. The van der Waals surface area contributed by atoms with Crippen molar-refractivity contribution in [3.05, 3.63) is 59.9 Å². The molecule has 1 saturated heterocycles. The van der Waals surface area contributed by atoms with Gasteiger partial charge in [0.1, 0.15) is 0 Å². The molecular weight excluding hydrogens is 466 g/mol. The van der Waals surface area contributed by atoms with Crippen molar-refractivity contribution in [3.8, 4) is 0 Å². The van der Waals surface area contributed by atoms with Crippen LogP contribution in [0.3, 0.4) is 0 Å². The summed E-state index contributed by atoms with van der Waals surface area (Å²) in [7, 11) is -3.62. The molecule has 3 aliphatic rings. The van der Waals surface area contributed by atoms with Crippen molar-refractivity contribution in [1.29, 1.82) is 0 Å². The molecule has 0 bridgehead atoms. The van der Waals surface area contributed by atoms with E-state index in [0.29, 0.717) is 68.5 Å². The maximum absolute atomic E-state index is 13.5. The predicted molar refractivity (Wildman–Crippen MR) is 131 cm³/mol. The van der Waals surface area contributed by atoms with E-state index < -0.39 is 10.0 Å². The van der Waals surface area contributed by atoms with E-state index in [0.717, 1.165) is 22.5 Å². The first-order valence-corrected chi connectivity index (χ1v) is 13.1. The Morgan fingerprint density at radius 2 is 1.69 bits per heavy atom. The van der Waals surface area contributed by atoms with Gasteiger partial charge in [-0.25, -0.2) is 8.42 Å². The second-order valence-electron chi connectivity index (χ2n) is 8.92. The third kappa shape index (κ3) is 4.00. The van der Waals surface area contributed by atoms with Gasteiger partial charge in [0.05, 0.1) is 22.5 Å². The number of rotatable bonds is 5. The van der Waals surface area contributed by atoms with Crippen molar-refractivity contribution >= 4 is 38.9 Å². The molecule has 0 spiro atoms. The minimum Gasteiger partial charge on any atom is -0.352 e. The highest BCUT2D eigenvalue weighted by molar-refractivity contribution is 7.89. The second-order valence-corrected chi connectivity index (χ2v) is 10.9. The lowest BCUT2D eigenvalue weighted by Crippen LogP contribution is -2.49. The number of nitrogens with zero attached hydrogens (tertiary/aromatic N) is 6. The molecule has 1 fully saturated rings. The van der Waals surface area contributed by atoms with Crippen LogP contribution < -0.4 is 15.1 Å². The van der Waals surface area contributed by atoms with Crippen LogP contribution in [0.2, 0.25) is 0 Å². The van der Waals surface area contributed by atoms with Crippen LogP contribution in [0.4, 0.5) is 23.0 Å². The van der Waals surface area contributed by atoms with Crippen molar-refractivity contribution in [3.63, 3.8) is 0 Å². The Kier molecular flexibility index (Phi) is 5.37. The highest BCUT2D eigenvalue weighted by atomic mass is 32.2. The minimum absolute atomic E-state index is 0.131. The smallest absolute Gasteiger partial charge is 0.243 e. The van der Waals surface area contributed by atoms with Crippen LogP contribution in [0.5, 0.6) is 0 Å². The first kappa shape index (κ1) is 21.9. The number of benzene rings is 1. The molecule has 0 radical (unpaired) electrons. The summed E-state index contributed by atoms with van der Waals surface area (Å²) in [6.45, 7) is 2.45. The number of carbonyl (C=O) groups is 1. The van der Waals surface area contributed by atoms with Crippen LogP contribution in [-0.2, 0) is 27.7 Å². The highest BCUT2D eigenvalue weighted by Crippen LogP contribution is 2.39. The van der Waals surface area contributed by atoms with Gasteiger partial charge in [-0.05, 0) is 60.4 Å². The van der Waals surface area contributed by atoms with Crippen molar-refractivity contribution in [2.45, 2.75) is 24.2 Å². The number of piperazine rings is 1. The second kappa shape index (κ2) is 8.58. The normalized spacial score (nSPS) is 18.0. The Hall–Kier alpha value is -3.57. The van der Waals surface area contributed by atoms with Gasteiger partial charge < -0.3 is 15.1 Å². The zero-order valence-corrected chi connectivity index (χ0v) is 19.9. The van der Waals surface area contributed by atoms with E-state index in [-0.39, 0.29) is 5.91 Å². The van der Waals surface area contributed by atoms with Crippen LogP contribution in [-0.4, -0.2) is 66.5 Å². The van der Waals surface area contributed by atoms with Gasteiger partial charge in [0, 0.05) is 45.3 Å². The number of hydrogen-bond donors (Lipinski definition) is 1. The summed E-state index contributed by atoms with van der Waals surface area (Å²) in [5, 5.41) is 11.7. The number of aryl methyl sites for hydroxylation is 1. The van der Waals surface area contributed by atoms with E-state index in [1.807, 2.05) is 34.1 Å². The fourth-order valence-corrected chi connectivity index (χ4v) is 6.55. The molecule has 35 heavy (non-hydrogen) atoms. The lowest BCUT2D eigenvalue weighted by atomic mass is 10.00. The molecule has 0 atom stereocenters. The summed E-state index contributed by atoms with van der Waals surface area (Å²) in [5.41, 5.74) is 3.69. The first-order valence-electron chi connectivity index (χ1n) is 11.7. The Bertz CT molecular complexity index is 1370. The third-order valence-electron chi connectivity index (χ3n) is 6.81. The molecule has 0 unspecified atom stereocenters. The van der Waals surface area contributed by atoms with Gasteiger partial charge in [-0.3, -0.25) is 9.78 Å². The molecule has 1 amide bonds. The molecule has 2 aromatic heterocycles. The van der Waals surface area contributed by atoms with Crippen LogP contribution in [0.1, 0.15) is 17.5 Å². The summed E-state index contributed by atoms with van der Waals surface area (Å²) in [6.07, 6.45) is 5.15. The molecule has 3 aliphatic heterocycles. The average Bonchev–Trinajstić information content (AvgIpc) is 3.33. The fourth-order valence-electron chi connectivity index (χ4n) is 5.03. The van der Waals surface area contributed by atoms with Crippen LogP contribution in [0.25, 0.3) is 0 Å². The zero-order valence-electron chi connectivity index (χ0n) is 19.1. The molecule has 180 valence electrons. The number of pyridine rings is 1. The quantitative estimate of drug-likeness (QED) is 0.577. The lowest BCUT2D eigenvalue weighted by Gasteiger charge is -2.34. The zero-order chi connectivity index (χ0) is 24.0. The molecule has 1 N–H and O–H groups in total. The number of carbonyl (C=O) groups excluding carboxylic acids is 1. The molecule has 11 heteroatoms. The number of amides is 1. The maximum atomic E-state index is 13.5. The van der Waals surface area contributed by atoms with Gasteiger partial charge in [-0.15, -0.1) is 10.2 Å². The van der Waals surface area contributed by atoms with Crippen LogP contribution >= 0.6 is 0 Å². The molecule has 0 aliphatic carbocycles. The Morgan fingerprint density at radius 3 is 2.40 bits per heavy atom. The van der Waals surface area contributed by atoms with Crippen molar-refractivity contribution < 1.29 is 13.2 Å². The largest absolute Gasteiger partial charge is 0.352 e. The van der Waals surface area contributed by atoms with Gasteiger partial charge >= 0.3 is 0 Å². The van der Waals surface area contributed by atoms with Crippen molar-refractivity contribution in [2.24, 2.45) is 0 Å². The van der Waals surface area contributed by atoms with Crippen LogP contribution in [0, 0.1) is 0 Å². The van der Waals surface area contributed by atoms with Gasteiger partial charge in [-0.2, -0.15) is 4.31 Å². The number of aromatic nitrogens is 3. The molecule has 5 heterocycles. The van der Waals surface area contributed by atoms with Gasteiger partial charge in [0.25, 0.3) is 0 Å². The Morgan fingerprint density at radius 1 is 0.886 bits per heavy atom. The number of hydrogen-bond acceptors (Lipinski definition) is 8. The molecule has 6 rings (SSSR count). The van der Waals surface area contributed by atoms with E-state index in [1.165, 1.54) is 0 Å². The molecule has 0 saturated carbocycles. The van der Waals surface area contributed by atoms with Crippen molar-refractivity contribution in [1.82, 2.24) is 19.5 Å². The Labute approximate surface area is 203 Å². The maximum Gasteiger partial charge on any atom is 0.243 e. The average molecular weight is 492 g/mol. The summed E-state index contributed by atoms with van der Waals surface area (Å²) in [4.78, 5) is 20.4. The van der Waals surface area contributed by atoms with E-state index in [4.69, 9.17) is 0 Å². The summed E-state index contributed by atoms with van der Waals surface area (Å²) >= 11 is 0. The topological polar surface area (TPSA) is 112 Å². The number of sulfonamides is 1. The van der Waals surface area contributed by atoms with E-state index in [1.54, 1.807) is 28.8 Å². The molecule has 3 aromatic rings. The van der Waals surface area contributed by atoms with Gasteiger partial charge in [-0.1, -0.05) is 0 Å². The first-order chi connectivity index (χ1) is 17.0. The summed E-state index contributed by atoms with van der Waals surface area (Å²) < 4.78 is 28.5. The third-order valence-corrected chi connectivity index (χ3v) is 8.69. The van der Waals surface area contributed by atoms with E-state index in [9.17, 15) is 13.2 Å². The lowest BCUT2D eigenvalue weighted by molar-refractivity contribution is -0.118. The molecule has 1 aromatic carbocycles. The molecule has 10 nitrogen and oxygen atoms in total. The minimum atomic E-state index is -3.62. The van der Waals surface area contributed by atoms with Gasteiger partial charge in [0.2, 0.25) is 15.9 Å². The molecular formula is C24H25N7O3S. The summed E-state index contributed by atoms with van der Waals surface area (Å²) in [5.74, 6) is 1.46. The van der Waals surface area contributed by atoms with E-state index in [2.05, 4.69) is 20.5 Å². The number of nitrogens with one attached hydrogen (secondary N) is 1. The Balaban J connectivity index is 1.14. The predicted octanol–water partition coefficient (Wildman–Crippen LogP) is 1.96. The monoisotopic (exact) mass is 491 g/mol. The SMILES string of the molecule is O=C1CCc2cc(S(=O)(=O)N3CCN(c4ccc(Nc5cccnc5)nn4)CC3)cc3c2N1CC3. The van der Waals surface area contributed by atoms with Crippen LogP contribution in [0.15, 0.2) is 53.7 Å². The standard InChI is InChI=1S/C24H25N7O3S/c32-23-6-3-17-14-20(15-18-7-9-31(23)24(17)18)35(33,34)30-12-10-29(11-13-30)22-5-4-21(27-28-22)26-19-2-1-8-25-16-19/h1-2,4-5,8,14-16H,3,6-7,9-13H2,(H,26,27).